The molecule has 0 aromatic heterocycles. The van der Waals surface area contributed by atoms with Crippen molar-refractivity contribution in [2.24, 2.45) is 34.5 Å². The van der Waals surface area contributed by atoms with Crippen LogP contribution in [0.5, 0.6) is 0 Å². The van der Waals surface area contributed by atoms with Gasteiger partial charge in [-0.25, -0.2) is 0 Å². The van der Waals surface area contributed by atoms with E-state index < -0.39 is 0 Å². The highest BCUT2D eigenvalue weighted by molar-refractivity contribution is 9.10. The first kappa shape index (κ1) is 18.0. The van der Waals surface area contributed by atoms with E-state index in [0.29, 0.717) is 23.0 Å². The first-order valence-corrected chi connectivity index (χ1v) is 11.0. The molecule has 0 N–H and O–H groups in total. The van der Waals surface area contributed by atoms with E-state index in [0.717, 1.165) is 31.1 Å². The highest BCUT2D eigenvalue weighted by Gasteiger charge is 2.61. The average Bonchev–Trinajstić information content (AvgIpc) is 2.85. The van der Waals surface area contributed by atoms with Crippen LogP contribution in [0.15, 0.2) is 0 Å². The summed E-state index contributed by atoms with van der Waals surface area (Å²) in [5.74, 6) is 3.02. The van der Waals surface area contributed by atoms with Gasteiger partial charge in [0.2, 0.25) is 0 Å². The van der Waals surface area contributed by atoms with Crippen molar-refractivity contribution in [3.63, 3.8) is 0 Å². The molecule has 0 aromatic rings. The number of halogens is 1. The van der Waals surface area contributed by atoms with Gasteiger partial charge in [0, 0.05) is 18.8 Å². The number of hydrogen-bond donors (Lipinski definition) is 0. The standard InChI is InChI=1S/C21H31BrO3/c1-12(23)25-19-7-6-15-14-5-4-13-10-18(24)17(22)11-21(13,3)16(14)8-9-20(15,19)2/h13-17,19H,4-11H2,1-3H3/t13-,14-,15-,16-,17+,19+,20-,21-/m0/s1. The fourth-order valence-electron chi connectivity index (χ4n) is 7.40. The van der Waals surface area contributed by atoms with Gasteiger partial charge in [0.1, 0.15) is 11.9 Å². The minimum Gasteiger partial charge on any atom is -0.462 e. The summed E-state index contributed by atoms with van der Waals surface area (Å²) in [7, 11) is 0. The van der Waals surface area contributed by atoms with E-state index >= 15 is 0 Å². The minimum absolute atomic E-state index is 0.0539. The lowest BCUT2D eigenvalue weighted by atomic mass is 9.45. The van der Waals surface area contributed by atoms with Crippen LogP contribution in [0.1, 0.15) is 72.1 Å². The summed E-state index contributed by atoms with van der Waals surface area (Å²) >= 11 is 3.66. The van der Waals surface area contributed by atoms with Gasteiger partial charge >= 0.3 is 5.97 Å². The molecule has 0 radical (unpaired) electrons. The van der Waals surface area contributed by atoms with Crippen LogP contribution in [-0.4, -0.2) is 22.7 Å². The van der Waals surface area contributed by atoms with E-state index in [1.807, 2.05) is 0 Å². The SMILES string of the molecule is CC(=O)O[C@@H]1CC[C@H]2[C@@H]3CC[C@H]4CC(=O)[C@H](Br)C[C@]4(C)[C@H]3CC[C@]12C. The van der Waals surface area contributed by atoms with Gasteiger partial charge in [-0.15, -0.1) is 0 Å². The van der Waals surface area contributed by atoms with Crippen molar-refractivity contribution in [3.8, 4) is 0 Å². The molecular formula is C21H31BrO3. The molecule has 4 saturated carbocycles. The van der Waals surface area contributed by atoms with Gasteiger partial charge in [-0.05, 0) is 74.0 Å². The van der Waals surface area contributed by atoms with Crippen molar-refractivity contribution in [1.82, 2.24) is 0 Å². The number of carbonyl (C=O) groups is 2. The summed E-state index contributed by atoms with van der Waals surface area (Å²) in [4.78, 5) is 23.8. The Hall–Kier alpha value is -0.380. The minimum atomic E-state index is -0.127. The third-order valence-corrected chi connectivity index (χ3v) is 9.54. The van der Waals surface area contributed by atoms with Crippen LogP contribution in [0.3, 0.4) is 0 Å². The highest BCUT2D eigenvalue weighted by Crippen LogP contribution is 2.66. The fourth-order valence-corrected chi connectivity index (χ4v) is 8.29. The Morgan fingerprint density at radius 3 is 2.52 bits per heavy atom. The van der Waals surface area contributed by atoms with E-state index in [1.165, 1.54) is 32.1 Å². The molecule has 4 aliphatic carbocycles. The summed E-state index contributed by atoms with van der Waals surface area (Å²) in [6.45, 7) is 6.39. The molecular weight excluding hydrogens is 380 g/mol. The molecule has 4 fully saturated rings. The molecule has 0 heterocycles. The second kappa shape index (κ2) is 6.07. The molecule has 3 nitrogen and oxygen atoms in total. The number of hydrogen-bond acceptors (Lipinski definition) is 3. The molecule has 25 heavy (non-hydrogen) atoms. The van der Waals surface area contributed by atoms with Crippen LogP contribution in [0.2, 0.25) is 0 Å². The summed E-state index contributed by atoms with van der Waals surface area (Å²) in [6.07, 6.45) is 8.99. The fraction of sp³-hybridized carbons (Fsp3) is 0.905. The number of Topliss-reactive ketones (excluding diaryl/α,β-unsaturated/α-hetero) is 1. The zero-order valence-electron chi connectivity index (χ0n) is 15.7. The van der Waals surface area contributed by atoms with Crippen LogP contribution in [0.4, 0.5) is 0 Å². The second-order valence-electron chi connectivity index (χ2n) is 9.72. The predicted molar refractivity (Wildman–Crippen MR) is 100 cm³/mol. The third kappa shape index (κ3) is 2.64. The van der Waals surface area contributed by atoms with Crippen molar-refractivity contribution in [1.29, 1.82) is 0 Å². The first-order chi connectivity index (χ1) is 11.8. The largest absolute Gasteiger partial charge is 0.462 e. The van der Waals surface area contributed by atoms with E-state index in [-0.39, 0.29) is 22.3 Å². The molecule has 4 aliphatic rings. The topological polar surface area (TPSA) is 43.4 Å². The lowest BCUT2D eigenvalue weighted by molar-refractivity contribution is -0.161. The van der Waals surface area contributed by atoms with Crippen molar-refractivity contribution >= 4 is 27.7 Å². The smallest absolute Gasteiger partial charge is 0.302 e. The monoisotopic (exact) mass is 410 g/mol. The Morgan fingerprint density at radius 1 is 1.08 bits per heavy atom. The lowest BCUT2D eigenvalue weighted by Crippen LogP contribution is -2.55. The number of esters is 1. The Balaban J connectivity index is 1.59. The number of carbonyl (C=O) groups excluding carboxylic acids is 2. The molecule has 0 bridgehead atoms. The van der Waals surface area contributed by atoms with Gasteiger partial charge in [0.25, 0.3) is 0 Å². The second-order valence-corrected chi connectivity index (χ2v) is 10.8. The van der Waals surface area contributed by atoms with Crippen LogP contribution < -0.4 is 0 Å². The molecule has 0 saturated heterocycles. The Kier molecular flexibility index (Phi) is 4.37. The van der Waals surface area contributed by atoms with Gasteiger partial charge in [-0.3, -0.25) is 9.59 Å². The first-order valence-electron chi connectivity index (χ1n) is 10.1. The lowest BCUT2D eigenvalue weighted by Gasteiger charge is -2.60. The molecule has 4 rings (SSSR count). The van der Waals surface area contributed by atoms with E-state index in [1.54, 1.807) is 6.92 Å². The molecule has 0 unspecified atom stereocenters. The number of alkyl halides is 1. The third-order valence-electron chi connectivity index (χ3n) is 8.70. The number of ether oxygens (including phenoxy) is 1. The molecule has 0 amide bonds. The maximum atomic E-state index is 12.2. The Labute approximate surface area is 159 Å². The predicted octanol–water partition coefficient (Wildman–Crippen LogP) is 4.90. The van der Waals surface area contributed by atoms with Crippen molar-refractivity contribution < 1.29 is 14.3 Å². The molecule has 4 heteroatoms. The van der Waals surface area contributed by atoms with Crippen molar-refractivity contribution in [3.05, 3.63) is 0 Å². The number of fused-ring (bicyclic) bond motifs is 5. The van der Waals surface area contributed by atoms with Gasteiger partial charge < -0.3 is 4.74 Å². The Morgan fingerprint density at radius 2 is 1.80 bits per heavy atom. The van der Waals surface area contributed by atoms with Gasteiger partial charge in [-0.2, -0.15) is 0 Å². The normalized spacial score (nSPS) is 52.1. The summed E-state index contributed by atoms with van der Waals surface area (Å²) in [6, 6.07) is 0. The molecule has 8 atom stereocenters. The summed E-state index contributed by atoms with van der Waals surface area (Å²) in [5.41, 5.74) is 0.458. The van der Waals surface area contributed by atoms with E-state index in [9.17, 15) is 9.59 Å². The van der Waals surface area contributed by atoms with E-state index in [2.05, 4.69) is 29.8 Å². The molecule has 140 valence electrons. The highest BCUT2D eigenvalue weighted by atomic mass is 79.9. The zero-order chi connectivity index (χ0) is 18.0. The Bertz CT molecular complexity index is 590. The molecule has 0 aromatic carbocycles. The van der Waals surface area contributed by atoms with E-state index in [4.69, 9.17) is 4.74 Å². The van der Waals surface area contributed by atoms with Crippen molar-refractivity contribution in [2.75, 3.05) is 0 Å². The quantitative estimate of drug-likeness (QED) is 0.455. The number of ketones is 1. The van der Waals surface area contributed by atoms with Crippen LogP contribution in [-0.2, 0) is 14.3 Å². The van der Waals surface area contributed by atoms with Crippen LogP contribution in [0, 0.1) is 34.5 Å². The number of rotatable bonds is 1. The maximum absolute atomic E-state index is 12.2. The van der Waals surface area contributed by atoms with Gasteiger partial charge in [-0.1, -0.05) is 29.8 Å². The molecule has 0 aliphatic heterocycles. The zero-order valence-corrected chi connectivity index (χ0v) is 17.3. The maximum Gasteiger partial charge on any atom is 0.302 e. The molecule has 0 spiro atoms. The summed E-state index contributed by atoms with van der Waals surface area (Å²) < 4.78 is 5.74. The van der Waals surface area contributed by atoms with Crippen LogP contribution >= 0.6 is 15.9 Å². The van der Waals surface area contributed by atoms with Crippen LogP contribution in [0.25, 0.3) is 0 Å². The summed E-state index contributed by atoms with van der Waals surface area (Å²) in [5, 5.41) is 0. The average molecular weight is 411 g/mol. The van der Waals surface area contributed by atoms with Gasteiger partial charge in [0.15, 0.2) is 0 Å². The van der Waals surface area contributed by atoms with Gasteiger partial charge in [0.05, 0.1) is 4.83 Å². The van der Waals surface area contributed by atoms with Crippen molar-refractivity contribution in [2.45, 2.75) is 83.1 Å².